The quantitative estimate of drug-likeness (QED) is 0.653. The molecule has 1 amide bonds. The highest BCUT2D eigenvalue weighted by atomic mass is 35.5. The second-order valence-electron chi connectivity index (χ2n) is 6.33. The van der Waals surface area contributed by atoms with E-state index in [0.717, 1.165) is 6.42 Å². The Kier molecular flexibility index (Phi) is 8.16. The monoisotopic (exact) mass is 422 g/mol. The Balaban J connectivity index is 1.97. The van der Waals surface area contributed by atoms with E-state index in [1.807, 2.05) is 0 Å². The van der Waals surface area contributed by atoms with Crippen molar-refractivity contribution >= 4 is 39.1 Å². The molecule has 26 heavy (non-hydrogen) atoms. The second kappa shape index (κ2) is 9.90. The maximum Gasteiger partial charge on any atom is 0.224 e. The van der Waals surface area contributed by atoms with Crippen LogP contribution in [-0.2, 0) is 25.3 Å². The van der Waals surface area contributed by atoms with Crippen LogP contribution < -0.4 is 5.32 Å². The summed E-state index contributed by atoms with van der Waals surface area (Å²) in [4.78, 5) is 12.3. The number of nitrogens with one attached hydrogen (secondary N) is 1. The standard InChI is InChI=1S/C17H24Cl2N2O4S/c1-25-9-3-7-20-17(22)13-4-2-8-21(11-13)26(23,24)12-14-5-6-15(18)10-16(14)19/h5-6,10,13H,2-4,7-9,11-12H2,1H3,(H,20,22)/t13-/m0/s1. The van der Waals surface area contributed by atoms with Gasteiger partial charge in [0.25, 0.3) is 0 Å². The number of sulfonamides is 1. The van der Waals surface area contributed by atoms with E-state index in [2.05, 4.69) is 5.32 Å². The van der Waals surface area contributed by atoms with Crippen LogP contribution in [0.4, 0.5) is 0 Å². The van der Waals surface area contributed by atoms with E-state index < -0.39 is 10.0 Å². The van der Waals surface area contributed by atoms with Crippen molar-refractivity contribution in [2.24, 2.45) is 5.92 Å². The molecule has 9 heteroatoms. The average Bonchev–Trinajstić information content (AvgIpc) is 2.61. The van der Waals surface area contributed by atoms with Gasteiger partial charge in [-0.2, -0.15) is 0 Å². The van der Waals surface area contributed by atoms with Crippen molar-refractivity contribution in [3.05, 3.63) is 33.8 Å². The lowest BCUT2D eigenvalue weighted by molar-refractivity contribution is -0.126. The Hall–Kier alpha value is -0.860. The number of ether oxygens (including phenoxy) is 1. The van der Waals surface area contributed by atoms with Crippen molar-refractivity contribution in [1.29, 1.82) is 0 Å². The van der Waals surface area contributed by atoms with E-state index in [1.54, 1.807) is 19.2 Å². The summed E-state index contributed by atoms with van der Waals surface area (Å²) in [6.45, 7) is 1.72. The number of methoxy groups -OCH3 is 1. The van der Waals surface area contributed by atoms with Crippen LogP contribution in [0.3, 0.4) is 0 Å². The third-order valence-corrected chi connectivity index (χ3v) is 6.71. The largest absolute Gasteiger partial charge is 0.385 e. The fraction of sp³-hybridized carbons (Fsp3) is 0.588. The van der Waals surface area contributed by atoms with Crippen LogP contribution in [0.15, 0.2) is 18.2 Å². The smallest absolute Gasteiger partial charge is 0.224 e. The zero-order valence-electron chi connectivity index (χ0n) is 14.7. The summed E-state index contributed by atoms with van der Waals surface area (Å²) < 4.78 is 31.8. The number of rotatable bonds is 8. The van der Waals surface area contributed by atoms with Crippen LogP contribution in [0, 0.1) is 5.92 Å². The zero-order chi connectivity index (χ0) is 19.2. The van der Waals surface area contributed by atoms with E-state index >= 15 is 0 Å². The van der Waals surface area contributed by atoms with Crippen molar-refractivity contribution < 1.29 is 17.9 Å². The third-order valence-electron chi connectivity index (χ3n) is 4.33. The van der Waals surface area contributed by atoms with Crippen LogP contribution in [0.2, 0.25) is 10.0 Å². The van der Waals surface area contributed by atoms with E-state index in [0.29, 0.717) is 48.1 Å². The molecule has 0 unspecified atom stereocenters. The number of piperidine rings is 1. The van der Waals surface area contributed by atoms with Gasteiger partial charge in [0, 0.05) is 43.4 Å². The van der Waals surface area contributed by atoms with Crippen LogP contribution in [-0.4, -0.2) is 52.0 Å². The lowest BCUT2D eigenvalue weighted by atomic mass is 9.99. The molecular weight excluding hydrogens is 399 g/mol. The highest BCUT2D eigenvalue weighted by molar-refractivity contribution is 7.88. The number of carbonyl (C=O) groups is 1. The zero-order valence-corrected chi connectivity index (χ0v) is 17.0. The van der Waals surface area contributed by atoms with Crippen molar-refractivity contribution in [3.63, 3.8) is 0 Å². The number of hydrogen-bond donors (Lipinski definition) is 1. The Morgan fingerprint density at radius 2 is 2.15 bits per heavy atom. The SMILES string of the molecule is COCCCNC(=O)[C@H]1CCCN(S(=O)(=O)Cc2ccc(Cl)cc2Cl)C1. The number of halogens is 2. The molecular formula is C17H24Cl2N2O4S. The van der Waals surface area contributed by atoms with Crippen LogP contribution >= 0.6 is 23.2 Å². The topological polar surface area (TPSA) is 75.7 Å². The van der Waals surface area contributed by atoms with E-state index in [-0.39, 0.29) is 24.1 Å². The summed E-state index contributed by atoms with van der Waals surface area (Å²) in [5, 5.41) is 3.63. The summed E-state index contributed by atoms with van der Waals surface area (Å²) >= 11 is 12.0. The summed E-state index contributed by atoms with van der Waals surface area (Å²) in [6.07, 6.45) is 2.07. The predicted molar refractivity (Wildman–Crippen MR) is 103 cm³/mol. The first-order valence-electron chi connectivity index (χ1n) is 8.52. The van der Waals surface area contributed by atoms with Crippen molar-refractivity contribution in [2.75, 3.05) is 33.4 Å². The molecule has 1 heterocycles. The highest BCUT2D eigenvalue weighted by Crippen LogP contribution is 2.26. The van der Waals surface area contributed by atoms with Crippen LogP contribution in [0.1, 0.15) is 24.8 Å². The van der Waals surface area contributed by atoms with Crippen LogP contribution in [0.25, 0.3) is 0 Å². The highest BCUT2D eigenvalue weighted by Gasteiger charge is 2.32. The maximum atomic E-state index is 12.7. The molecule has 0 radical (unpaired) electrons. The predicted octanol–water partition coefficient (Wildman–Crippen LogP) is 2.69. The van der Waals surface area contributed by atoms with Gasteiger partial charge in [-0.05, 0) is 37.0 Å². The van der Waals surface area contributed by atoms with Gasteiger partial charge in [0.15, 0.2) is 0 Å². The number of carbonyl (C=O) groups excluding carboxylic acids is 1. The molecule has 1 aromatic carbocycles. The Bertz CT molecular complexity index is 727. The van der Waals surface area contributed by atoms with E-state index in [9.17, 15) is 13.2 Å². The lowest BCUT2D eigenvalue weighted by Crippen LogP contribution is -2.46. The molecule has 1 saturated heterocycles. The molecule has 1 N–H and O–H groups in total. The Morgan fingerprint density at radius 3 is 2.85 bits per heavy atom. The van der Waals surface area contributed by atoms with Gasteiger partial charge in [0.05, 0.1) is 11.7 Å². The van der Waals surface area contributed by atoms with E-state index in [4.69, 9.17) is 27.9 Å². The maximum absolute atomic E-state index is 12.7. The molecule has 1 aliphatic rings. The summed E-state index contributed by atoms with van der Waals surface area (Å²) in [7, 11) is -1.95. The summed E-state index contributed by atoms with van der Waals surface area (Å²) in [6, 6.07) is 4.76. The van der Waals surface area contributed by atoms with Gasteiger partial charge < -0.3 is 10.1 Å². The molecule has 0 aliphatic carbocycles. The van der Waals surface area contributed by atoms with Gasteiger partial charge in [0.1, 0.15) is 0 Å². The molecule has 1 atom stereocenters. The fourth-order valence-electron chi connectivity index (χ4n) is 2.91. The first-order chi connectivity index (χ1) is 12.3. The number of hydrogen-bond acceptors (Lipinski definition) is 4. The molecule has 0 spiro atoms. The normalized spacial score (nSPS) is 18.7. The lowest BCUT2D eigenvalue weighted by Gasteiger charge is -2.31. The van der Waals surface area contributed by atoms with Gasteiger partial charge in [-0.15, -0.1) is 0 Å². The molecule has 146 valence electrons. The van der Waals surface area contributed by atoms with Gasteiger partial charge in [-0.3, -0.25) is 4.79 Å². The molecule has 1 aliphatic heterocycles. The second-order valence-corrected chi connectivity index (χ2v) is 9.14. The van der Waals surface area contributed by atoms with Crippen LogP contribution in [0.5, 0.6) is 0 Å². The van der Waals surface area contributed by atoms with Crippen molar-refractivity contribution in [3.8, 4) is 0 Å². The number of nitrogens with zero attached hydrogens (tertiary/aromatic N) is 1. The minimum atomic E-state index is -3.56. The number of amides is 1. The summed E-state index contributed by atoms with van der Waals surface area (Å²) in [5.41, 5.74) is 0.502. The molecule has 1 aromatic rings. The van der Waals surface area contributed by atoms with E-state index in [1.165, 1.54) is 10.4 Å². The van der Waals surface area contributed by atoms with Crippen molar-refractivity contribution in [2.45, 2.75) is 25.0 Å². The van der Waals surface area contributed by atoms with Gasteiger partial charge >= 0.3 is 0 Å². The average molecular weight is 423 g/mol. The first-order valence-corrected chi connectivity index (χ1v) is 10.9. The molecule has 0 saturated carbocycles. The van der Waals surface area contributed by atoms with Gasteiger partial charge in [-0.1, -0.05) is 29.3 Å². The molecule has 2 rings (SSSR count). The third kappa shape index (κ3) is 6.09. The van der Waals surface area contributed by atoms with Crippen molar-refractivity contribution in [1.82, 2.24) is 9.62 Å². The fourth-order valence-corrected chi connectivity index (χ4v) is 5.10. The Labute approximate surface area is 164 Å². The first kappa shape index (κ1) is 21.4. The molecule has 0 aromatic heterocycles. The summed E-state index contributed by atoms with van der Waals surface area (Å²) in [5.74, 6) is -0.641. The Morgan fingerprint density at radius 1 is 1.38 bits per heavy atom. The molecule has 0 bridgehead atoms. The van der Waals surface area contributed by atoms with Gasteiger partial charge in [-0.25, -0.2) is 12.7 Å². The molecule has 1 fully saturated rings. The number of benzene rings is 1. The molecule has 6 nitrogen and oxygen atoms in total. The minimum absolute atomic E-state index is 0.106. The van der Waals surface area contributed by atoms with Gasteiger partial charge in [0.2, 0.25) is 15.9 Å². The minimum Gasteiger partial charge on any atom is -0.385 e.